The summed E-state index contributed by atoms with van der Waals surface area (Å²) in [7, 11) is 0. The predicted molar refractivity (Wildman–Crippen MR) is 69.9 cm³/mol. The Balaban J connectivity index is 1.75. The molecule has 0 aromatic carbocycles. The van der Waals surface area contributed by atoms with Crippen molar-refractivity contribution in [2.75, 3.05) is 0 Å². The minimum absolute atomic E-state index is 0.713. The summed E-state index contributed by atoms with van der Waals surface area (Å²) in [5.41, 5.74) is 3.28. The molecule has 0 atom stereocenters. The SMILES string of the molecule is Cc1ccncc1-c1ncc(CNC2CC2)cn1. The smallest absolute Gasteiger partial charge is 0.160 e. The third-order valence-electron chi connectivity index (χ3n) is 3.16. The molecule has 2 heterocycles. The molecule has 0 radical (unpaired) electrons. The summed E-state index contributed by atoms with van der Waals surface area (Å²) in [5.74, 6) is 0.746. The maximum Gasteiger partial charge on any atom is 0.160 e. The van der Waals surface area contributed by atoms with Crippen LogP contribution >= 0.6 is 0 Å². The average Bonchev–Trinajstić information content (AvgIpc) is 3.22. The Bertz CT molecular complexity index is 532. The fraction of sp³-hybridized carbons (Fsp3) is 0.357. The van der Waals surface area contributed by atoms with Gasteiger partial charge in [-0.1, -0.05) is 0 Å². The molecule has 1 saturated carbocycles. The van der Waals surface area contributed by atoms with Gasteiger partial charge in [0.2, 0.25) is 0 Å². The maximum absolute atomic E-state index is 4.42. The van der Waals surface area contributed by atoms with Crippen molar-refractivity contribution >= 4 is 0 Å². The molecule has 0 unspecified atom stereocenters. The van der Waals surface area contributed by atoms with Crippen LogP contribution < -0.4 is 5.32 Å². The minimum atomic E-state index is 0.713. The van der Waals surface area contributed by atoms with Crippen molar-refractivity contribution in [2.24, 2.45) is 0 Å². The topological polar surface area (TPSA) is 50.7 Å². The number of nitrogens with zero attached hydrogens (tertiary/aromatic N) is 3. The third-order valence-corrected chi connectivity index (χ3v) is 3.16. The molecule has 4 heteroatoms. The molecule has 0 saturated heterocycles. The summed E-state index contributed by atoms with van der Waals surface area (Å²) in [6.07, 6.45) is 9.98. The van der Waals surface area contributed by atoms with Gasteiger partial charge in [-0.25, -0.2) is 9.97 Å². The summed E-state index contributed by atoms with van der Waals surface area (Å²) < 4.78 is 0. The van der Waals surface area contributed by atoms with E-state index in [0.717, 1.165) is 29.1 Å². The lowest BCUT2D eigenvalue weighted by atomic mass is 10.1. The molecular weight excluding hydrogens is 224 g/mol. The van der Waals surface area contributed by atoms with Gasteiger partial charge in [0.15, 0.2) is 5.82 Å². The number of aromatic nitrogens is 3. The zero-order valence-electron chi connectivity index (χ0n) is 10.4. The van der Waals surface area contributed by atoms with Gasteiger partial charge in [-0.15, -0.1) is 0 Å². The Morgan fingerprint density at radius 1 is 1.22 bits per heavy atom. The first kappa shape index (κ1) is 11.3. The van der Waals surface area contributed by atoms with E-state index in [1.165, 1.54) is 12.8 Å². The number of nitrogens with one attached hydrogen (secondary N) is 1. The predicted octanol–water partition coefficient (Wildman–Crippen LogP) is 2.10. The maximum atomic E-state index is 4.42. The molecule has 3 rings (SSSR count). The molecule has 0 aliphatic heterocycles. The van der Waals surface area contributed by atoms with Crippen molar-refractivity contribution in [2.45, 2.75) is 32.4 Å². The van der Waals surface area contributed by atoms with Gasteiger partial charge >= 0.3 is 0 Å². The van der Waals surface area contributed by atoms with Gasteiger partial charge in [0.05, 0.1) is 0 Å². The Labute approximate surface area is 107 Å². The fourth-order valence-corrected chi connectivity index (χ4v) is 1.83. The van der Waals surface area contributed by atoms with Gasteiger partial charge in [-0.2, -0.15) is 0 Å². The van der Waals surface area contributed by atoms with Gasteiger partial charge in [0.25, 0.3) is 0 Å². The molecule has 0 bridgehead atoms. The first-order valence-corrected chi connectivity index (χ1v) is 6.28. The zero-order valence-corrected chi connectivity index (χ0v) is 10.4. The Hall–Kier alpha value is -1.81. The van der Waals surface area contributed by atoms with Crippen LogP contribution in [0.4, 0.5) is 0 Å². The van der Waals surface area contributed by atoms with Crippen molar-refractivity contribution in [3.63, 3.8) is 0 Å². The summed E-state index contributed by atoms with van der Waals surface area (Å²) in [4.78, 5) is 13.0. The number of aryl methyl sites for hydroxylation is 1. The highest BCUT2D eigenvalue weighted by atomic mass is 15.0. The van der Waals surface area contributed by atoms with E-state index in [-0.39, 0.29) is 0 Å². The Kier molecular flexibility index (Phi) is 3.02. The number of hydrogen-bond acceptors (Lipinski definition) is 4. The molecular formula is C14H16N4. The third kappa shape index (κ3) is 2.54. The second-order valence-corrected chi connectivity index (χ2v) is 4.76. The second kappa shape index (κ2) is 4.82. The molecule has 1 aliphatic carbocycles. The minimum Gasteiger partial charge on any atom is -0.310 e. The quantitative estimate of drug-likeness (QED) is 0.889. The molecule has 0 amide bonds. The lowest BCUT2D eigenvalue weighted by Gasteiger charge is -2.05. The Morgan fingerprint density at radius 3 is 2.67 bits per heavy atom. The van der Waals surface area contributed by atoms with Crippen molar-refractivity contribution in [1.29, 1.82) is 0 Å². The molecule has 1 fully saturated rings. The average molecular weight is 240 g/mol. The standard InChI is InChI=1S/C14H16N4/c1-10-4-5-15-9-13(10)14-17-7-11(8-18-14)6-16-12-2-3-12/h4-5,7-9,12,16H,2-3,6H2,1H3. The van der Waals surface area contributed by atoms with Crippen LogP contribution in [0.15, 0.2) is 30.9 Å². The summed E-state index contributed by atoms with van der Waals surface area (Å²) in [6, 6.07) is 2.69. The number of pyridine rings is 1. The monoisotopic (exact) mass is 240 g/mol. The molecule has 1 aliphatic rings. The first-order chi connectivity index (χ1) is 8.83. The van der Waals surface area contributed by atoms with Gasteiger partial charge in [-0.3, -0.25) is 4.98 Å². The van der Waals surface area contributed by atoms with Crippen LogP contribution in [0.5, 0.6) is 0 Å². The molecule has 1 N–H and O–H groups in total. The molecule has 92 valence electrons. The highest BCUT2D eigenvalue weighted by Gasteiger charge is 2.19. The number of hydrogen-bond donors (Lipinski definition) is 1. The van der Waals surface area contributed by atoms with E-state index in [9.17, 15) is 0 Å². The van der Waals surface area contributed by atoms with Crippen molar-refractivity contribution in [3.8, 4) is 11.4 Å². The van der Waals surface area contributed by atoms with Gasteiger partial charge in [0, 0.05) is 48.5 Å². The van der Waals surface area contributed by atoms with Crippen molar-refractivity contribution in [1.82, 2.24) is 20.3 Å². The van der Waals surface area contributed by atoms with Crippen molar-refractivity contribution < 1.29 is 0 Å². The van der Waals surface area contributed by atoms with Crippen LogP contribution in [0.3, 0.4) is 0 Å². The second-order valence-electron chi connectivity index (χ2n) is 4.76. The van der Waals surface area contributed by atoms with Gasteiger partial charge < -0.3 is 5.32 Å². The Morgan fingerprint density at radius 2 is 2.00 bits per heavy atom. The van der Waals surface area contributed by atoms with E-state index < -0.39 is 0 Å². The fourth-order valence-electron chi connectivity index (χ4n) is 1.83. The number of rotatable bonds is 4. The van der Waals surface area contributed by atoms with E-state index in [0.29, 0.717) is 6.04 Å². The van der Waals surface area contributed by atoms with Gasteiger partial charge in [-0.05, 0) is 31.4 Å². The molecule has 2 aromatic rings. The normalized spacial score (nSPS) is 14.7. The summed E-state index contributed by atoms with van der Waals surface area (Å²) >= 11 is 0. The summed E-state index contributed by atoms with van der Waals surface area (Å²) in [6.45, 7) is 2.90. The lowest BCUT2D eigenvalue weighted by molar-refractivity contribution is 0.683. The highest BCUT2D eigenvalue weighted by molar-refractivity contribution is 5.57. The molecule has 4 nitrogen and oxygen atoms in total. The van der Waals surface area contributed by atoms with Gasteiger partial charge in [0.1, 0.15) is 0 Å². The van der Waals surface area contributed by atoms with E-state index in [2.05, 4.69) is 20.3 Å². The van der Waals surface area contributed by atoms with Crippen molar-refractivity contribution in [3.05, 3.63) is 42.0 Å². The van der Waals surface area contributed by atoms with Crippen LogP contribution in [-0.2, 0) is 6.54 Å². The van der Waals surface area contributed by atoms with E-state index in [1.807, 2.05) is 31.6 Å². The van der Waals surface area contributed by atoms with Crippen LogP contribution in [-0.4, -0.2) is 21.0 Å². The highest BCUT2D eigenvalue weighted by Crippen LogP contribution is 2.20. The first-order valence-electron chi connectivity index (χ1n) is 6.28. The van der Waals surface area contributed by atoms with Crippen LogP contribution in [0.1, 0.15) is 24.0 Å². The largest absolute Gasteiger partial charge is 0.310 e. The molecule has 0 spiro atoms. The van der Waals surface area contributed by atoms with E-state index in [4.69, 9.17) is 0 Å². The molecule has 18 heavy (non-hydrogen) atoms. The zero-order chi connectivity index (χ0) is 12.4. The van der Waals surface area contributed by atoms with Crippen LogP contribution in [0.25, 0.3) is 11.4 Å². The van der Waals surface area contributed by atoms with Crippen LogP contribution in [0, 0.1) is 6.92 Å². The van der Waals surface area contributed by atoms with Crippen LogP contribution in [0.2, 0.25) is 0 Å². The van der Waals surface area contributed by atoms with E-state index >= 15 is 0 Å². The summed E-state index contributed by atoms with van der Waals surface area (Å²) in [5, 5.41) is 3.45. The molecule has 2 aromatic heterocycles. The van der Waals surface area contributed by atoms with E-state index in [1.54, 1.807) is 6.20 Å². The lowest BCUT2D eigenvalue weighted by Crippen LogP contribution is -2.15.